The molecule has 0 aliphatic carbocycles. The molecule has 0 aliphatic heterocycles. The minimum absolute atomic E-state index is 0.0284. The van der Waals surface area contributed by atoms with Gasteiger partial charge in [-0.25, -0.2) is 9.78 Å². The predicted octanol–water partition coefficient (Wildman–Crippen LogP) is 3.45. The van der Waals surface area contributed by atoms with Crippen LogP contribution in [0.15, 0.2) is 18.2 Å². The van der Waals surface area contributed by atoms with Gasteiger partial charge in [0.2, 0.25) is 0 Å². The van der Waals surface area contributed by atoms with E-state index in [4.69, 9.17) is 9.84 Å². The third kappa shape index (κ3) is 2.87. The topological polar surface area (TPSA) is 59.4 Å². The van der Waals surface area contributed by atoms with Crippen LogP contribution in [0.2, 0.25) is 0 Å². The Morgan fingerprint density at radius 3 is 2.68 bits per heavy atom. The Labute approximate surface area is 116 Å². The number of carboxylic acids is 1. The molecule has 0 fully saturated rings. The minimum atomic E-state index is -0.983. The number of carboxylic acid groups (broad SMARTS) is 1. The van der Waals surface area contributed by atoms with Gasteiger partial charge in [0.1, 0.15) is 11.3 Å². The average Bonchev–Trinajstić information content (AvgIpc) is 2.73. The first-order chi connectivity index (χ1) is 8.79. The molecule has 1 aromatic carbocycles. The van der Waals surface area contributed by atoms with E-state index >= 15 is 0 Å². The van der Waals surface area contributed by atoms with Gasteiger partial charge in [0.25, 0.3) is 0 Å². The number of rotatable bonds is 3. The van der Waals surface area contributed by atoms with Gasteiger partial charge in [-0.2, -0.15) is 0 Å². The van der Waals surface area contributed by atoms with Gasteiger partial charge in [0.05, 0.1) is 9.71 Å². The second-order valence-electron chi connectivity index (χ2n) is 5.47. The molecule has 0 saturated heterocycles. The molecule has 19 heavy (non-hydrogen) atoms. The van der Waals surface area contributed by atoms with Gasteiger partial charge in [0.15, 0.2) is 6.10 Å². The van der Waals surface area contributed by atoms with Gasteiger partial charge in [-0.3, -0.25) is 0 Å². The van der Waals surface area contributed by atoms with Gasteiger partial charge < -0.3 is 9.84 Å². The van der Waals surface area contributed by atoms with Gasteiger partial charge in [-0.1, -0.05) is 26.8 Å². The fraction of sp³-hybridized carbons (Fsp3) is 0.429. The maximum Gasteiger partial charge on any atom is 0.344 e. The van der Waals surface area contributed by atoms with E-state index in [9.17, 15) is 4.79 Å². The lowest BCUT2D eigenvalue weighted by Gasteiger charge is -2.13. The monoisotopic (exact) mass is 279 g/mol. The average molecular weight is 279 g/mol. The molecule has 0 spiro atoms. The highest BCUT2D eigenvalue weighted by Gasteiger charge is 2.21. The minimum Gasteiger partial charge on any atom is -0.479 e. The number of hydrogen-bond acceptors (Lipinski definition) is 4. The Balaban J connectivity index is 2.45. The number of thiazole rings is 1. The van der Waals surface area contributed by atoms with Crippen LogP contribution in [0.5, 0.6) is 5.75 Å². The highest BCUT2D eigenvalue weighted by molar-refractivity contribution is 7.18. The zero-order chi connectivity index (χ0) is 14.2. The summed E-state index contributed by atoms with van der Waals surface area (Å²) in [6.45, 7) is 7.82. The maximum atomic E-state index is 10.9. The molecule has 0 aliphatic rings. The van der Waals surface area contributed by atoms with Crippen LogP contribution in [-0.4, -0.2) is 22.2 Å². The number of hydrogen-bond donors (Lipinski definition) is 1. The van der Waals surface area contributed by atoms with E-state index in [0.717, 1.165) is 15.2 Å². The van der Waals surface area contributed by atoms with Crippen LogP contribution in [-0.2, 0) is 10.2 Å². The highest BCUT2D eigenvalue weighted by atomic mass is 32.1. The van der Waals surface area contributed by atoms with Crippen LogP contribution >= 0.6 is 11.3 Å². The van der Waals surface area contributed by atoms with Crippen LogP contribution < -0.4 is 4.74 Å². The first kappa shape index (κ1) is 13.8. The van der Waals surface area contributed by atoms with Crippen molar-refractivity contribution in [2.45, 2.75) is 39.2 Å². The molecule has 1 heterocycles. The van der Waals surface area contributed by atoms with E-state index in [-0.39, 0.29) is 5.41 Å². The zero-order valence-corrected chi connectivity index (χ0v) is 12.2. The second-order valence-corrected chi connectivity index (χ2v) is 6.50. The van der Waals surface area contributed by atoms with Crippen LogP contribution in [0.3, 0.4) is 0 Å². The highest BCUT2D eigenvalue weighted by Crippen LogP contribution is 2.35. The maximum absolute atomic E-state index is 10.9. The summed E-state index contributed by atoms with van der Waals surface area (Å²) in [6, 6.07) is 5.59. The van der Waals surface area contributed by atoms with Gasteiger partial charge in [-0.05, 0) is 19.1 Å². The van der Waals surface area contributed by atoms with E-state index in [1.165, 1.54) is 6.92 Å². The molecule has 2 rings (SSSR count). The van der Waals surface area contributed by atoms with Crippen molar-refractivity contribution in [2.24, 2.45) is 0 Å². The standard InChI is InChI=1S/C14H17NO3S/c1-8(12(16)17)18-9-6-5-7-10-11(9)15-13(19-10)14(2,3)4/h5-8H,1-4H3,(H,16,17). The normalized spacial score (nSPS) is 13.5. The van der Waals surface area contributed by atoms with Crippen molar-refractivity contribution < 1.29 is 14.6 Å². The molecule has 102 valence electrons. The summed E-state index contributed by atoms with van der Waals surface area (Å²) in [5.41, 5.74) is 0.713. The van der Waals surface area contributed by atoms with Crippen molar-refractivity contribution in [3.05, 3.63) is 23.2 Å². The molecule has 0 radical (unpaired) electrons. The molecule has 1 N–H and O–H groups in total. The van der Waals surface area contributed by atoms with Gasteiger partial charge >= 0.3 is 5.97 Å². The van der Waals surface area contributed by atoms with Crippen molar-refractivity contribution >= 4 is 27.5 Å². The number of benzene rings is 1. The number of aliphatic carboxylic acids is 1. The van der Waals surface area contributed by atoms with Crippen LogP contribution in [0.4, 0.5) is 0 Å². The Hall–Kier alpha value is -1.62. The van der Waals surface area contributed by atoms with E-state index in [0.29, 0.717) is 5.75 Å². The van der Waals surface area contributed by atoms with E-state index in [2.05, 4.69) is 25.8 Å². The van der Waals surface area contributed by atoms with Crippen LogP contribution in [0, 0.1) is 0 Å². The Bertz CT molecular complexity index is 613. The summed E-state index contributed by atoms with van der Waals surface area (Å²) in [5.74, 6) is -0.456. The molecule has 0 bridgehead atoms. The largest absolute Gasteiger partial charge is 0.479 e. The Morgan fingerprint density at radius 2 is 2.11 bits per heavy atom. The molecule has 2 aromatic rings. The Kier molecular flexibility index (Phi) is 3.49. The smallest absolute Gasteiger partial charge is 0.344 e. The molecular weight excluding hydrogens is 262 g/mol. The van der Waals surface area contributed by atoms with E-state index in [1.807, 2.05) is 12.1 Å². The lowest BCUT2D eigenvalue weighted by molar-refractivity contribution is -0.144. The number of para-hydroxylation sites is 1. The van der Waals surface area contributed by atoms with Gasteiger partial charge in [0, 0.05) is 5.41 Å². The summed E-state index contributed by atoms with van der Waals surface area (Å²) in [4.78, 5) is 15.5. The number of fused-ring (bicyclic) bond motifs is 1. The molecule has 1 unspecified atom stereocenters. The Morgan fingerprint density at radius 1 is 1.42 bits per heavy atom. The van der Waals surface area contributed by atoms with Crippen molar-refractivity contribution in [3.8, 4) is 5.75 Å². The quantitative estimate of drug-likeness (QED) is 0.935. The van der Waals surface area contributed by atoms with E-state index in [1.54, 1.807) is 17.4 Å². The van der Waals surface area contributed by atoms with Crippen LogP contribution in [0.25, 0.3) is 10.2 Å². The van der Waals surface area contributed by atoms with Crippen molar-refractivity contribution in [1.82, 2.24) is 4.98 Å². The SMILES string of the molecule is CC(Oc1cccc2sc(C(C)(C)C)nc12)C(=O)O. The summed E-state index contributed by atoms with van der Waals surface area (Å²) >= 11 is 1.62. The lowest BCUT2D eigenvalue weighted by atomic mass is 9.98. The van der Waals surface area contributed by atoms with Crippen molar-refractivity contribution in [2.75, 3.05) is 0 Å². The fourth-order valence-corrected chi connectivity index (χ4v) is 2.62. The third-order valence-corrected chi connectivity index (χ3v) is 4.12. The van der Waals surface area contributed by atoms with E-state index < -0.39 is 12.1 Å². The number of ether oxygens (including phenoxy) is 1. The summed E-state index contributed by atoms with van der Waals surface area (Å²) in [7, 11) is 0. The molecule has 1 aromatic heterocycles. The number of nitrogens with zero attached hydrogens (tertiary/aromatic N) is 1. The van der Waals surface area contributed by atoms with Crippen molar-refractivity contribution in [1.29, 1.82) is 0 Å². The summed E-state index contributed by atoms with van der Waals surface area (Å²) in [5, 5.41) is 9.92. The molecular formula is C14H17NO3S. The summed E-state index contributed by atoms with van der Waals surface area (Å²) < 4.78 is 6.47. The number of aromatic nitrogens is 1. The lowest BCUT2D eigenvalue weighted by Crippen LogP contribution is -2.22. The molecule has 4 nitrogen and oxygen atoms in total. The predicted molar refractivity (Wildman–Crippen MR) is 76.0 cm³/mol. The molecule has 1 atom stereocenters. The zero-order valence-electron chi connectivity index (χ0n) is 11.4. The molecule has 0 saturated carbocycles. The summed E-state index contributed by atoms with van der Waals surface area (Å²) in [6.07, 6.45) is -0.884. The first-order valence-corrected chi connectivity index (χ1v) is 6.90. The molecule has 0 amide bonds. The van der Waals surface area contributed by atoms with Gasteiger partial charge in [-0.15, -0.1) is 11.3 Å². The molecule has 5 heteroatoms. The first-order valence-electron chi connectivity index (χ1n) is 6.08. The second kappa shape index (κ2) is 4.81. The third-order valence-electron chi connectivity index (χ3n) is 2.68. The van der Waals surface area contributed by atoms with Crippen molar-refractivity contribution in [3.63, 3.8) is 0 Å². The fourth-order valence-electron chi connectivity index (χ4n) is 1.58. The van der Waals surface area contributed by atoms with Crippen LogP contribution in [0.1, 0.15) is 32.7 Å². The number of carbonyl (C=O) groups is 1.